The lowest BCUT2D eigenvalue weighted by molar-refractivity contribution is -0.150. The third kappa shape index (κ3) is 32.1. The molecule has 43 heavy (non-hydrogen) atoms. The van der Waals surface area contributed by atoms with Crippen LogP contribution in [0.3, 0.4) is 0 Å². The van der Waals surface area contributed by atoms with Gasteiger partial charge in [0.1, 0.15) is 12.6 Å². The Balaban J connectivity index is 4.34. The summed E-state index contributed by atoms with van der Waals surface area (Å²) in [6, 6.07) is 0. The molecule has 0 aliphatic rings. The molecule has 0 saturated carbocycles. The summed E-state index contributed by atoms with van der Waals surface area (Å²) in [5.74, 6) is -1.29. The van der Waals surface area contributed by atoms with E-state index in [0.29, 0.717) is 12.8 Å². The average Bonchev–Trinajstić information content (AvgIpc) is 2.99. The summed E-state index contributed by atoms with van der Waals surface area (Å²) in [5.41, 5.74) is 0. The largest absolute Gasteiger partial charge is 0.480 e. The second kappa shape index (κ2) is 32.3. The summed E-state index contributed by atoms with van der Waals surface area (Å²) in [4.78, 5) is 34.7. The Morgan fingerprint density at radius 1 is 0.628 bits per heavy atom. The van der Waals surface area contributed by atoms with Gasteiger partial charge in [-0.1, -0.05) is 127 Å². The van der Waals surface area contributed by atoms with E-state index in [4.69, 9.17) is 9.84 Å². The number of rotatable bonds is 30. The Morgan fingerprint density at radius 2 is 1.14 bits per heavy atom. The van der Waals surface area contributed by atoms with Crippen molar-refractivity contribution in [1.29, 1.82) is 0 Å². The van der Waals surface area contributed by atoms with Crippen LogP contribution in [0.15, 0.2) is 48.6 Å². The van der Waals surface area contributed by atoms with Crippen LogP contribution < -0.4 is 5.32 Å². The lowest BCUT2D eigenvalue weighted by Gasteiger charge is -2.17. The molecule has 2 N–H and O–H groups in total. The fourth-order valence-electron chi connectivity index (χ4n) is 4.74. The van der Waals surface area contributed by atoms with Crippen molar-refractivity contribution in [2.45, 2.75) is 161 Å². The van der Waals surface area contributed by atoms with Crippen LogP contribution >= 0.6 is 0 Å². The highest BCUT2D eigenvalue weighted by Crippen LogP contribution is 2.17. The second-order valence-electron chi connectivity index (χ2n) is 11.4. The predicted octanol–water partition coefficient (Wildman–Crippen LogP) is 9.95. The highest BCUT2D eigenvalue weighted by molar-refractivity contribution is 5.80. The van der Waals surface area contributed by atoms with Gasteiger partial charge in [0.2, 0.25) is 5.91 Å². The monoisotopic (exact) mass is 601 g/mol. The number of ether oxygens (including phenoxy) is 1. The fraction of sp³-hybridized carbons (Fsp3) is 0.703. The molecule has 0 aliphatic heterocycles. The number of nitrogens with one attached hydrogen (secondary N) is 1. The molecule has 0 heterocycles. The lowest BCUT2D eigenvalue weighted by atomic mass is 10.0. The van der Waals surface area contributed by atoms with E-state index >= 15 is 0 Å². The summed E-state index contributed by atoms with van der Waals surface area (Å²) in [7, 11) is 0. The number of carboxylic acids is 1. The van der Waals surface area contributed by atoms with Crippen LogP contribution in [0.2, 0.25) is 0 Å². The van der Waals surface area contributed by atoms with Gasteiger partial charge >= 0.3 is 11.9 Å². The summed E-state index contributed by atoms with van der Waals surface area (Å²) in [6.45, 7) is 4.06. The van der Waals surface area contributed by atoms with Gasteiger partial charge in [-0.2, -0.15) is 0 Å². The first-order valence-electron chi connectivity index (χ1n) is 17.3. The third-order valence-electron chi connectivity index (χ3n) is 7.27. The topological polar surface area (TPSA) is 92.7 Å². The zero-order valence-corrected chi connectivity index (χ0v) is 27.5. The van der Waals surface area contributed by atoms with E-state index in [2.05, 4.69) is 67.8 Å². The summed E-state index contributed by atoms with van der Waals surface area (Å²) in [6.07, 6.45) is 39.4. The maximum Gasteiger partial charge on any atom is 0.322 e. The average molecular weight is 602 g/mol. The molecule has 0 saturated heterocycles. The van der Waals surface area contributed by atoms with Gasteiger partial charge in [0.15, 0.2) is 0 Å². The van der Waals surface area contributed by atoms with E-state index in [9.17, 15) is 14.4 Å². The highest BCUT2D eigenvalue weighted by atomic mass is 16.5. The molecule has 1 amide bonds. The van der Waals surface area contributed by atoms with Gasteiger partial charge in [-0.3, -0.25) is 14.4 Å². The smallest absolute Gasteiger partial charge is 0.322 e. The van der Waals surface area contributed by atoms with Crippen LogP contribution in [0.25, 0.3) is 0 Å². The van der Waals surface area contributed by atoms with Crippen molar-refractivity contribution < 1.29 is 24.2 Å². The van der Waals surface area contributed by atoms with Crippen molar-refractivity contribution in [2.75, 3.05) is 6.54 Å². The van der Waals surface area contributed by atoms with Crippen molar-refractivity contribution in [3.8, 4) is 0 Å². The van der Waals surface area contributed by atoms with E-state index < -0.39 is 5.97 Å². The molecule has 0 fully saturated rings. The van der Waals surface area contributed by atoms with Gasteiger partial charge < -0.3 is 15.2 Å². The molecule has 0 rings (SSSR count). The van der Waals surface area contributed by atoms with Gasteiger partial charge in [0.05, 0.1) is 0 Å². The molecule has 0 bridgehead atoms. The number of aliphatic carboxylic acids is 1. The van der Waals surface area contributed by atoms with Gasteiger partial charge in [-0.05, 0) is 64.2 Å². The Labute approximate surface area is 263 Å². The Bertz CT molecular complexity index is 799. The van der Waals surface area contributed by atoms with E-state index in [1.54, 1.807) is 0 Å². The molecule has 0 spiro atoms. The van der Waals surface area contributed by atoms with E-state index in [-0.39, 0.29) is 24.5 Å². The Hall–Kier alpha value is -2.63. The minimum atomic E-state index is -1.02. The number of hydrogen-bond donors (Lipinski definition) is 2. The first-order chi connectivity index (χ1) is 21.0. The SMILES string of the molecule is CC/C=C\C/C=C\C/C=C\C/C=C\CCC(CCCCCCCC(=O)NCC(=O)O)OC(=O)CCCCCCCCCC. The normalized spacial score (nSPS) is 12.6. The van der Waals surface area contributed by atoms with Crippen LogP contribution in [0.1, 0.15) is 155 Å². The number of amides is 1. The van der Waals surface area contributed by atoms with Crippen molar-refractivity contribution in [3.05, 3.63) is 48.6 Å². The zero-order chi connectivity index (χ0) is 31.6. The first kappa shape index (κ1) is 40.4. The number of unbranched alkanes of at least 4 members (excludes halogenated alkanes) is 11. The summed E-state index contributed by atoms with van der Waals surface area (Å²) < 4.78 is 5.92. The molecule has 0 aromatic heterocycles. The summed E-state index contributed by atoms with van der Waals surface area (Å²) >= 11 is 0. The highest BCUT2D eigenvalue weighted by Gasteiger charge is 2.14. The molecule has 6 heteroatoms. The van der Waals surface area contributed by atoms with Gasteiger partial charge in [-0.15, -0.1) is 0 Å². The Morgan fingerprint density at radius 3 is 1.72 bits per heavy atom. The van der Waals surface area contributed by atoms with Crippen molar-refractivity contribution in [1.82, 2.24) is 5.32 Å². The molecule has 6 nitrogen and oxygen atoms in total. The molecule has 0 aromatic carbocycles. The Kier molecular flexibility index (Phi) is 30.3. The number of carboxylic acid groups (broad SMARTS) is 1. The van der Waals surface area contributed by atoms with Gasteiger partial charge in [0, 0.05) is 12.8 Å². The molecule has 0 aliphatic carbocycles. The number of hydrogen-bond acceptors (Lipinski definition) is 4. The summed E-state index contributed by atoms with van der Waals surface area (Å²) in [5, 5.41) is 11.0. The molecular weight excluding hydrogens is 538 g/mol. The molecule has 0 radical (unpaired) electrons. The lowest BCUT2D eigenvalue weighted by Crippen LogP contribution is -2.28. The zero-order valence-electron chi connectivity index (χ0n) is 27.5. The third-order valence-corrected chi connectivity index (χ3v) is 7.27. The minimum absolute atomic E-state index is 0.0459. The van der Waals surface area contributed by atoms with Crippen molar-refractivity contribution >= 4 is 17.8 Å². The second-order valence-corrected chi connectivity index (χ2v) is 11.4. The molecule has 1 unspecified atom stereocenters. The minimum Gasteiger partial charge on any atom is -0.480 e. The number of allylic oxidation sites excluding steroid dienone is 8. The number of carbonyl (C=O) groups excluding carboxylic acids is 2. The van der Waals surface area contributed by atoms with Gasteiger partial charge in [-0.25, -0.2) is 0 Å². The first-order valence-corrected chi connectivity index (χ1v) is 17.3. The standard InChI is InChI=1S/C37H63NO5/c1-3-5-7-9-11-13-14-15-16-17-18-21-25-29-34(43-37(42)32-28-24-19-12-10-8-6-4-2)30-26-22-20-23-27-31-35(39)38-33-36(40)41/h5,7,11,13,15-16,18,21,34H,3-4,6,8-10,12,14,17,19-20,22-33H2,1-2H3,(H,38,39)(H,40,41)/b7-5-,13-11-,16-15-,21-18-. The molecule has 0 aromatic rings. The quantitative estimate of drug-likeness (QED) is 0.0485. The van der Waals surface area contributed by atoms with E-state index in [1.807, 2.05) is 0 Å². The maximum absolute atomic E-state index is 12.6. The fourth-order valence-corrected chi connectivity index (χ4v) is 4.74. The van der Waals surface area contributed by atoms with Crippen LogP contribution in [-0.2, 0) is 19.1 Å². The molecule has 1 atom stereocenters. The van der Waals surface area contributed by atoms with Crippen LogP contribution in [0, 0.1) is 0 Å². The van der Waals surface area contributed by atoms with Crippen LogP contribution in [0.5, 0.6) is 0 Å². The van der Waals surface area contributed by atoms with Crippen LogP contribution in [0.4, 0.5) is 0 Å². The molecular formula is C37H63NO5. The number of carbonyl (C=O) groups is 3. The van der Waals surface area contributed by atoms with Crippen LogP contribution in [-0.4, -0.2) is 35.6 Å². The maximum atomic E-state index is 12.6. The number of esters is 1. The van der Waals surface area contributed by atoms with Crippen molar-refractivity contribution in [2.24, 2.45) is 0 Å². The van der Waals surface area contributed by atoms with Crippen molar-refractivity contribution in [3.63, 3.8) is 0 Å². The molecule has 246 valence electrons. The van der Waals surface area contributed by atoms with Gasteiger partial charge in [0.25, 0.3) is 0 Å². The van der Waals surface area contributed by atoms with E-state index in [1.165, 1.54) is 38.5 Å². The predicted molar refractivity (Wildman–Crippen MR) is 180 cm³/mol. The van der Waals surface area contributed by atoms with E-state index in [0.717, 1.165) is 89.9 Å².